The third-order valence-corrected chi connectivity index (χ3v) is 3.49. The van der Waals surface area contributed by atoms with Crippen LogP contribution in [0.2, 0.25) is 0 Å². The molecular weight excluding hydrogens is 347 g/mol. The number of nitrogens with zero attached hydrogens (tertiary/aromatic N) is 1. The third kappa shape index (κ3) is 11.7. The summed E-state index contributed by atoms with van der Waals surface area (Å²) in [6.07, 6.45) is 12.7. The number of allylic oxidation sites excluding steroid dienone is 4. The fourth-order valence-corrected chi connectivity index (χ4v) is 2.29. The summed E-state index contributed by atoms with van der Waals surface area (Å²) in [7, 11) is 0. The first-order chi connectivity index (χ1) is 12.8. The Morgan fingerprint density at radius 1 is 1.23 bits per heavy atom. The predicted molar refractivity (Wildman–Crippen MR) is 114 cm³/mol. The van der Waals surface area contributed by atoms with Crippen LogP contribution in [0.15, 0.2) is 79.2 Å². The lowest BCUT2D eigenvalue weighted by molar-refractivity contribution is 0.424. The third-order valence-electron chi connectivity index (χ3n) is 3.32. The van der Waals surface area contributed by atoms with E-state index in [1.807, 2.05) is 32.1 Å². The molecule has 0 aliphatic carbocycles. The van der Waals surface area contributed by atoms with E-state index < -0.39 is 6.67 Å². The molecule has 2 nitrogen and oxygen atoms in total. The van der Waals surface area contributed by atoms with Crippen LogP contribution in [0.3, 0.4) is 0 Å². The van der Waals surface area contributed by atoms with Gasteiger partial charge in [0.1, 0.15) is 6.67 Å². The van der Waals surface area contributed by atoms with Crippen LogP contribution in [-0.4, -0.2) is 30.5 Å². The van der Waals surface area contributed by atoms with E-state index in [1.54, 1.807) is 0 Å². The zero-order valence-electron chi connectivity index (χ0n) is 16.0. The van der Waals surface area contributed by atoms with Gasteiger partial charge in [0.2, 0.25) is 0 Å². The largest absolute Gasteiger partial charge is 0.347 e. The highest BCUT2D eigenvalue weighted by Crippen LogP contribution is 2.16. The van der Waals surface area contributed by atoms with E-state index in [9.17, 15) is 4.39 Å². The van der Waals surface area contributed by atoms with Crippen molar-refractivity contribution < 1.29 is 4.39 Å². The van der Waals surface area contributed by atoms with Crippen LogP contribution in [-0.2, 0) is 6.54 Å². The first-order valence-corrected chi connectivity index (χ1v) is 9.61. The Morgan fingerprint density at radius 3 is 2.46 bits per heavy atom. The van der Waals surface area contributed by atoms with Crippen molar-refractivity contribution in [2.24, 2.45) is 0 Å². The van der Waals surface area contributed by atoms with Crippen molar-refractivity contribution in [1.82, 2.24) is 10.2 Å². The molecule has 0 amide bonds. The Morgan fingerprint density at radius 2 is 1.92 bits per heavy atom. The molecule has 1 aliphatic heterocycles. The van der Waals surface area contributed by atoms with Crippen LogP contribution >= 0.6 is 11.6 Å². The molecule has 26 heavy (non-hydrogen) atoms. The number of halogens is 2. The molecule has 1 heterocycles. The Labute approximate surface area is 163 Å². The smallest absolute Gasteiger partial charge is 0.107 e. The standard InChI is InChI=1S/C17H21ClN2.C3H5F.C2H6/c18-11-5-2-6-14-20(17-9-12-19-13-10-17)15-16-7-3-1-4-8-16;1-2-3-4;1-2/h1-9,14,19H,10-13,15H2;2H,1,3H2;1-2H3/b5-2+,14-6+;;. The topological polar surface area (TPSA) is 15.3 Å². The molecule has 0 radical (unpaired) electrons. The zero-order chi connectivity index (χ0) is 19.5. The summed E-state index contributed by atoms with van der Waals surface area (Å²) >= 11 is 5.64. The van der Waals surface area contributed by atoms with Gasteiger partial charge in [-0.1, -0.05) is 68.5 Å². The summed E-state index contributed by atoms with van der Waals surface area (Å²) in [5.41, 5.74) is 2.70. The van der Waals surface area contributed by atoms with Gasteiger partial charge in [-0.3, -0.25) is 0 Å². The number of hydrogen-bond donors (Lipinski definition) is 1. The second-order valence-electron chi connectivity index (χ2n) is 5.13. The SMILES string of the molecule is C=CCF.CC.ClC/C=C/C=C/N(Cc1ccccc1)C1=CCNCC1. The first-order valence-electron chi connectivity index (χ1n) is 9.08. The van der Waals surface area contributed by atoms with Crippen LogP contribution in [0, 0.1) is 0 Å². The number of hydrogen-bond acceptors (Lipinski definition) is 2. The minimum absolute atomic E-state index is 0.417. The first kappa shape index (κ1) is 24.2. The molecule has 0 aromatic heterocycles. The predicted octanol–water partition coefficient (Wildman–Crippen LogP) is 5.84. The molecule has 2 rings (SSSR count). The van der Waals surface area contributed by atoms with Gasteiger partial charge in [-0.2, -0.15) is 0 Å². The second kappa shape index (κ2) is 18.0. The zero-order valence-corrected chi connectivity index (χ0v) is 16.8. The van der Waals surface area contributed by atoms with Crippen molar-refractivity contribution in [1.29, 1.82) is 0 Å². The van der Waals surface area contributed by atoms with Gasteiger partial charge in [0, 0.05) is 37.4 Å². The van der Waals surface area contributed by atoms with Gasteiger partial charge in [0.15, 0.2) is 0 Å². The van der Waals surface area contributed by atoms with Crippen molar-refractivity contribution in [2.75, 3.05) is 25.6 Å². The fourth-order valence-electron chi connectivity index (χ4n) is 2.19. The van der Waals surface area contributed by atoms with Gasteiger partial charge >= 0.3 is 0 Å². The van der Waals surface area contributed by atoms with Crippen LogP contribution < -0.4 is 5.32 Å². The van der Waals surface area contributed by atoms with E-state index in [2.05, 4.69) is 59.4 Å². The molecule has 0 fully saturated rings. The molecule has 0 atom stereocenters. The van der Waals surface area contributed by atoms with Crippen molar-refractivity contribution in [3.05, 3.63) is 84.8 Å². The van der Waals surface area contributed by atoms with E-state index in [4.69, 9.17) is 11.6 Å². The van der Waals surface area contributed by atoms with E-state index in [0.29, 0.717) is 5.88 Å². The van der Waals surface area contributed by atoms with Gasteiger partial charge in [0.05, 0.1) is 0 Å². The molecule has 0 spiro atoms. The van der Waals surface area contributed by atoms with Gasteiger partial charge < -0.3 is 10.2 Å². The van der Waals surface area contributed by atoms with Gasteiger partial charge in [0.25, 0.3) is 0 Å². The average Bonchev–Trinajstić information content (AvgIpc) is 2.73. The van der Waals surface area contributed by atoms with Crippen molar-refractivity contribution in [3.8, 4) is 0 Å². The quantitative estimate of drug-likeness (QED) is 0.364. The summed E-state index contributed by atoms with van der Waals surface area (Å²) in [6, 6.07) is 10.5. The van der Waals surface area contributed by atoms with E-state index >= 15 is 0 Å². The summed E-state index contributed by atoms with van der Waals surface area (Å²) in [5, 5.41) is 3.35. The molecule has 1 N–H and O–H groups in total. The molecule has 1 aliphatic rings. The molecular formula is C22H32ClFN2. The lowest BCUT2D eigenvalue weighted by atomic mass is 10.1. The Balaban J connectivity index is 0.000000920. The maximum absolute atomic E-state index is 10.6. The molecule has 4 heteroatoms. The van der Waals surface area contributed by atoms with E-state index in [0.717, 1.165) is 26.1 Å². The van der Waals surface area contributed by atoms with Crippen molar-refractivity contribution >= 4 is 11.6 Å². The van der Waals surface area contributed by atoms with Gasteiger partial charge in [-0.25, -0.2) is 4.39 Å². The van der Waals surface area contributed by atoms with E-state index in [1.165, 1.54) is 17.3 Å². The van der Waals surface area contributed by atoms with Gasteiger partial charge in [-0.15, -0.1) is 18.2 Å². The number of nitrogens with one attached hydrogen (secondary N) is 1. The highest BCUT2D eigenvalue weighted by molar-refractivity contribution is 6.18. The van der Waals surface area contributed by atoms with Crippen LogP contribution in [0.4, 0.5) is 4.39 Å². The van der Waals surface area contributed by atoms with Crippen LogP contribution in [0.1, 0.15) is 25.8 Å². The molecule has 1 aromatic carbocycles. The molecule has 0 saturated heterocycles. The van der Waals surface area contributed by atoms with Crippen LogP contribution in [0.5, 0.6) is 0 Å². The lowest BCUT2D eigenvalue weighted by Gasteiger charge is -2.26. The minimum Gasteiger partial charge on any atom is -0.347 e. The molecule has 0 saturated carbocycles. The normalized spacial score (nSPS) is 13.3. The summed E-state index contributed by atoms with van der Waals surface area (Å²) < 4.78 is 10.6. The minimum atomic E-state index is -0.417. The average molecular weight is 379 g/mol. The molecule has 0 bridgehead atoms. The maximum atomic E-state index is 10.6. The molecule has 1 aromatic rings. The number of benzene rings is 1. The fraction of sp³-hybridized carbons (Fsp3) is 0.364. The Hall–Kier alpha value is -1.84. The van der Waals surface area contributed by atoms with Crippen molar-refractivity contribution in [3.63, 3.8) is 0 Å². The summed E-state index contributed by atoms with van der Waals surface area (Å²) in [4.78, 5) is 2.31. The highest BCUT2D eigenvalue weighted by atomic mass is 35.5. The number of rotatable bonds is 7. The van der Waals surface area contributed by atoms with E-state index in [-0.39, 0.29) is 0 Å². The molecule has 0 unspecified atom stereocenters. The molecule has 144 valence electrons. The van der Waals surface area contributed by atoms with Crippen molar-refractivity contribution in [2.45, 2.75) is 26.8 Å². The Bertz CT molecular complexity index is 538. The summed E-state index contributed by atoms with van der Waals surface area (Å²) in [5.74, 6) is 0.551. The maximum Gasteiger partial charge on any atom is 0.107 e. The second-order valence-corrected chi connectivity index (χ2v) is 5.44. The highest BCUT2D eigenvalue weighted by Gasteiger charge is 2.09. The summed E-state index contributed by atoms with van der Waals surface area (Å²) in [6.45, 7) is 9.58. The Kier molecular flexibility index (Phi) is 16.7. The number of alkyl halides is 2. The lowest BCUT2D eigenvalue weighted by Crippen LogP contribution is -2.27. The van der Waals surface area contributed by atoms with Crippen LogP contribution in [0.25, 0.3) is 0 Å². The van der Waals surface area contributed by atoms with Gasteiger partial charge in [-0.05, 0) is 18.1 Å². The monoisotopic (exact) mass is 378 g/mol.